The van der Waals surface area contributed by atoms with E-state index in [1.165, 1.54) is 16.7 Å². The second-order valence-electron chi connectivity index (χ2n) is 6.22. The maximum absolute atomic E-state index is 3.44. The molecule has 0 heteroatoms. The average molecular weight is 294 g/mol. The minimum Gasteiger partial charge on any atom is -0.116 e. The summed E-state index contributed by atoms with van der Waals surface area (Å²) in [6.45, 7) is 13.2. The van der Waals surface area contributed by atoms with Gasteiger partial charge in [-0.3, -0.25) is 0 Å². The van der Waals surface area contributed by atoms with Gasteiger partial charge in [0, 0.05) is 5.57 Å². The molecule has 0 saturated carbocycles. The summed E-state index contributed by atoms with van der Waals surface area (Å²) in [6, 6.07) is 6.85. The van der Waals surface area contributed by atoms with E-state index in [9.17, 15) is 0 Å². The first-order valence-corrected chi connectivity index (χ1v) is 8.34. The Morgan fingerprint density at radius 2 is 1.68 bits per heavy atom. The molecule has 0 aliphatic carbocycles. The van der Waals surface area contributed by atoms with E-state index < -0.39 is 0 Å². The predicted octanol–water partition coefficient (Wildman–Crippen LogP) is 7.01. The van der Waals surface area contributed by atoms with Gasteiger partial charge in [-0.25, -0.2) is 0 Å². The van der Waals surface area contributed by atoms with Crippen LogP contribution < -0.4 is 0 Å². The minimum absolute atomic E-state index is 0.538. The van der Waals surface area contributed by atoms with Crippen LogP contribution in [0.1, 0.15) is 76.5 Å². The molecule has 0 unspecified atom stereocenters. The molecule has 0 bridgehead atoms. The lowest BCUT2D eigenvalue weighted by atomic mass is 9.88. The molecular weight excluding hydrogens is 264 g/mol. The molecule has 0 spiro atoms. The summed E-state index contributed by atoms with van der Waals surface area (Å²) in [4.78, 5) is 0. The van der Waals surface area contributed by atoms with Gasteiger partial charge in [0.1, 0.15) is 0 Å². The van der Waals surface area contributed by atoms with Gasteiger partial charge in [0.2, 0.25) is 0 Å². The Hall–Kier alpha value is -1.78. The maximum Gasteiger partial charge on any atom is 0.0230 e. The van der Waals surface area contributed by atoms with Crippen LogP contribution in [-0.2, 0) is 0 Å². The second kappa shape index (κ2) is 9.28. The van der Waals surface area contributed by atoms with Gasteiger partial charge < -0.3 is 0 Å². The Morgan fingerprint density at radius 3 is 2.23 bits per heavy atom. The molecule has 1 rings (SSSR count). The van der Waals surface area contributed by atoms with Crippen molar-refractivity contribution < 1.29 is 0 Å². The Bertz CT molecular complexity index is 588. The number of hydrogen-bond donors (Lipinski definition) is 0. The van der Waals surface area contributed by atoms with Gasteiger partial charge in [-0.15, -0.1) is 5.73 Å². The monoisotopic (exact) mass is 294 g/mol. The molecule has 0 aliphatic heterocycles. The van der Waals surface area contributed by atoms with Gasteiger partial charge in [-0.1, -0.05) is 64.1 Å². The predicted molar refractivity (Wildman–Crippen MR) is 100 cm³/mol. The molecule has 22 heavy (non-hydrogen) atoms. The van der Waals surface area contributed by atoms with Crippen molar-refractivity contribution in [3.05, 3.63) is 71.0 Å². The van der Waals surface area contributed by atoms with Crippen LogP contribution in [0.25, 0.3) is 5.57 Å². The summed E-state index contributed by atoms with van der Waals surface area (Å²) in [5.74, 6) is 1.10. The van der Waals surface area contributed by atoms with Gasteiger partial charge in [-0.05, 0) is 60.9 Å². The SMILES string of the molecule is C/C=C/CC=C=C(/C=C/C)c1ccc(C(C)C)c(C(C)C)c1. The van der Waals surface area contributed by atoms with Gasteiger partial charge in [-0.2, -0.15) is 0 Å². The highest BCUT2D eigenvalue weighted by Gasteiger charge is 2.11. The van der Waals surface area contributed by atoms with Crippen LogP contribution in [0, 0.1) is 0 Å². The van der Waals surface area contributed by atoms with E-state index in [0.717, 1.165) is 12.0 Å². The summed E-state index contributed by atoms with van der Waals surface area (Å²) in [7, 11) is 0. The highest BCUT2D eigenvalue weighted by atomic mass is 14.2. The molecule has 0 atom stereocenters. The van der Waals surface area contributed by atoms with Gasteiger partial charge >= 0.3 is 0 Å². The van der Waals surface area contributed by atoms with Crippen LogP contribution in [0.15, 0.2) is 54.3 Å². The zero-order valence-corrected chi connectivity index (χ0v) is 15.0. The molecule has 1 aromatic carbocycles. The number of hydrogen-bond acceptors (Lipinski definition) is 0. The topological polar surface area (TPSA) is 0 Å². The Kier molecular flexibility index (Phi) is 7.71. The van der Waals surface area contributed by atoms with Crippen LogP contribution in [0.4, 0.5) is 0 Å². The standard InChI is InChI=1S/C22H30/c1-7-9-10-11-13-19(12-8-2)20-14-15-21(17(3)4)22(16-20)18(5)6/h7-9,11-12,14-18H,10H2,1-6H3/b9-7+,12-8+. The zero-order valence-electron chi connectivity index (χ0n) is 15.0. The molecule has 0 nitrogen and oxygen atoms in total. The lowest BCUT2D eigenvalue weighted by molar-refractivity contribution is 0.790. The lowest BCUT2D eigenvalue weighted by Crippen LogP contribution is -1.99. The van der Waals surface area contributed by atoms with Crippen molar-refractivity contribution in [1.82, 2.24) is 0 Å². The van der Waals surface area contributed by atoms with E-state index in [-0.39, 0.29) is 0 Å². The molecule has 0 amide bonds. The largest absolute Gasteiger partial charge is 0.116 e. The summed E-state index contributed by atoms with van der Waals surface area (Å²) in [6.07, 6.45) is 11.5. The molecule has 0 fully saturated rings. The van der Waals surface area contributed by atoms with Crippen LogP contribution in [0.3, 0.4) is 0 Å². The molecule has 0 radical (unpaired) electrons. The molecule has 0 aromatic heterocycles. The third-order valence-electron chi connectivity index (χ3n) is 3.72. The van der Waals surface area contributed by atoms with E-state index >= 15 is 0 Å². The lowest BCUT2D eigenvalue weighted by Gasteiger charge is -2.17. The van der Waals surface area contributed by atoms with E-state index in [4.69, 9.17) is 0 Å². The van der Waals surface area contributed by atoms with E-state index in [2.05, 4.69) is 88.9 Å². The first-order valence-electron chi connectivity index (χ1n) is 8.34. The zero-order chi connectivity index (χ0) is 16.5. The van der Waals surface area contributed by atoms with Crippen molar-refractivity contribution >= 4 is 5.57 Å². The molecular formula is C22H30. The number of rotatable bonds is 6. The average Bonchev–Trinajstić information content (AvgIpc) is 2.49. The highest BCUT2D eigenvalue weighted by molar-refractivity contribution is 5.74. The number of allylic oxidation sites excluding steroid dienone is 5. The van der Waals surface area contributed by atoms with Crippen LogP contribution >= 0.6 is 0 Å². The minimum atomic E-state index is 0.538. The van der Waals surface area contributed by atoms with Crippen molar-refractivity contribution in [3.8, 4) is 0 Å². The number of benzene rings is 1. The molecule has 1 aromatic rings. The van der Waals surface area contributed by atoms with Gasteiger partial charge in [0.15, 0.2) is 0 Å². The summed E-state index contributed by atoms with van der Waals surface area (Å²) >= 11 is 0. The summed E-state index contributed by atoms with van der Waals surface area (Å²) in [5.41, 5.74) is 8.75. The smallest absolute Gasteiger partial charge is 0.0230 e. The highest BCUT2D eigenvalue weighted by Crippen LogP contribution is 2.29. The molecule has 118 valence electrons. The summed E-state index contributed by atoms with van der Waals surface area (Å²) in [5, 5.41) is 0. The Morgan fingerprint density at radius 1 is 1.00 bits per heavy atom. The van der Waals surface area contributed by atoms with E-state index in [0.29, 0.717) is 11.8 Å². The van der Waals surface area contributed by atoms with Crippen molar-refractivity contribution in [2.45, 2.75) is 59.8 Å². The summed E-state index contributed by atoms with van der Waals surface area (Å²) < 4.78 is 0. The Balaban J connectivity index is 3.32. The quantitative estimate of drug-likeness (QED) is 0.300. The molecule has 0 N–H and O–H groups in total. The second-order valence-corrected chi connectivity index (χ2v) is 6.22. The fourth-order valence-corrected chi connectivity index (χ4v) is 2.54. The van der Waals surface area contributed by atoms with Crippen LogP contribution in [0.5, 0.6) is 0 Å². The van der Waals surface area contributed by atoms with E-state index in [1.807, 2.05) is 6.92 Å². The third-order valence-corrected chi connectivity index (χ3v) is 3.72. The van der Waals surface area contributed by atoms with Crippen molar-refractivity contribution in [2.24, 2.45) is 0 Å². The fourth-order valence-electron chi connectivity index (χ4n) is 2.54. The van der Waals surface area contributed by atoms with Crippen molar-refractivity contribution in [1.29, 1.82) is 0 Å². The van der Waals surface area contributed by atoms with Gasteiger partial charge in [0.25, 0.3) is 0 Å². The van der Waals surface area contributed by atoms with Gasteiger partial charge in [0.05, 0.1) is 0 Å². The maximum atomic E-state index is 3.44. The Labute approximate surface area is 137 Å². The molecule has 0 saturated heterocycles. The fraction of sp³-hybridized carbons (Fsp3) is 0.409. The first kappa shape index (κ1) is 18.3. The third kappa shape index (κ3) is 5.20. The molecule has 0 heterocycles. The molecule has 0 aliphatic rings. The van der Waals surface area contributed by atoms with Crippen LogP contribution in [0.2, 0.25) is 0 Å². The van der Waals surface area contributed by atoms with Crippen molar-refractivity contribution in [3.63, 3.8) is 0 Å². The van der Waals surface area contributed by atoms with Crippen molar-refractivity contribution in [2.75, 3.05) is 0 Å². The van der Waals surface area contributed by atoms with E-state index in [1.54, 1.807) is 0 Å². The normalized spacial score (nSPS) is 11.6. The van der Waals surface area contributed by atoms with Crippen LogP contribution in [-0.4, -0.2) is 0 Å². The first-order chi connectivity index (χ1) is 10.5.